The average molecular weight is 222 g/mol. The van der Waals surface area contributed by atoms with Crippen molar-refractivity contribution in [1.29, 1.82) is 0 Å². The Bertz CT molecular complexity index is 480. The van der Waals surface area contributed by atoms with Gasteiger partial charge in [-0.05, 0) is 0 Å². The van der Waals surface area contributed by atoms with Crippen LogP contribution in [0.1, 0.15) is 32.5 Å². The Morgan fingerprint density at radius 1 is 1.44 bits per heavy atom. The summed E-state index contributed by atoms with van der Waals surface area (Å²) in [6.45, 7) is 6.45. The van der Waals surface area contributed by atoms with Gasteiger partial charge in [0.05, 0.1) is 6.20 Å². The Balaban J connectivity index is 2.14. The van der Waals surface area contributed by atoms with E-state index < -0.39 is 0 Å². The molecule has 0 atom stereocenters. The molecule has 0 aliphatic rings. The molecule has 2 aromatic heterocycles. The van der Waals surface area contributed by atoms with E-state index in [1.807, 2.05) is 20.8 Å². The summed E-state index contributed by atoms with van der Waals surface area (Å²) >= 11 is 0. The van der Waals surface area contributed by atoms with Crippen LogP contribution in [0.5, 0.6) is 0 Å². The minimum atomic E-state index is -0.122. The van der Waals surface area contributed by atoms with Crippen LogP contribution in [0.25, 0.3) is 0 Å². The zero-order valence-corrected chi connectivity index (χ0v) is 9.51. The second kappa shape index (κ2) is 3.58. The predicted octanol–water partition coefficient (Wildman–Crippen LogP) is 0.589. The molecule has 0 radical (unpaired) electrons. The molecule has 2 heterocycles. The average Bonchev–Trinajstić information content (AvgIpc) is 2.74. The molecule has 16 heavy (non-hydrogen) atoms. The van der Waals surface area contributed by atoms with Crippen LogP contribution < -0.4 is 5.73 Å². The first-order valence-electron chi connectivity index (χ1n) is 4.94. The summed E-state index contributed by atoms with van der Waals surface area (Å²) in [5.41, 5.74) is 5.32. The van der Waals surface area contributed by atoms with E-state index in [9.17, 15) is 0 Å². The number of nitrogens with zero attached hydrogens (tertiary/aromatic N) is 5. The minimum Gasteiger partial charge on any atom is -0.381 e. The summed E-state index contributed by atoms with van der Waals surface area (Å²) in [4.78, 5) is 4.28. The van der Waals surface area contributed by atoms with Gasteiger partial charge in [-0.2, -0.15) is 4.98 Å². The molecule has 0 unspecified atom stereocenters. The van der Waals surface area contributed by atoms with Crippen LogP contribution in [-0.4, -0.2) is 25.1 Å². The molecule has 7 heteroatoms. The van der Waals surface area contributed by atoms with Gasteiger partial charge >= 0.3 is 0 Å². The number of nitrogens with two attached hydrogens (primary N) is 1. The third kappa shape index (κ3) is 2.18. The van der Waals surface area contributed by atoms with Crippen LogP contribution in [-0.2, 0) is 12.0 Å². The molecule has 0 saturated heterocycles. The maximum absolute atomic E-state index is 5.45. The highest BCUT2D eigenvalue weighted by molar-refractivity contribution is 5.20. The van der Waals surface area contributed by atoms with E-state index in [2.05, 4.69) is 20.5 Å². The van der Waals surface area contributed by atoms with Gasteiger partial charge in [-0.25, -0.2) is 4.68 Å². The molecule has 0 aliphatic carbocycles. The number of anilines is 1. The maximum Gasteiger partial charge on any atom is 0.248 e. The number of hydrogen-bond acceptors (Lipinski definition) is 6. The summed E-state index contributed by atoms with van der Waals surface area (Å²) in [5, 5.41) is 11.4. The summed E-state index contributed by atoms with van der Waals surface area (Å²) in [6.07, 6.45) is 1.61. The molecular formula is C9H14N6O. The van der Waals surface area contributed by atoms with Gasteiger partial charge in [0.25, 0.3) is 0 Å². The van der Waals surface area contributed by atoms with Crippen molar-refractivity contribution in [1.82, 2.24) is 25.1 Å². The lowest BCUT2D eigenvalue weighted by Gasteiger charge is -2.10. The van der Waals surface area contributed by atoms with Gasteiger partial charge in [-0.3, -0.25) is 0 Å². The van der Waals surface area contributed by atoms with Gasteiger partial charge in [0.1, 0.15) is 6.54 Å². The molecule has 0 bridgehead atoms. The highest BCUT2D eigenvalue weighted by Gasteiger charge is 2.21. The van der Waals surface area contributed by atoms with Crippen molar-refractivity contribution in [3.63, 3.8) is 0 Å². The lowest BCUT2D eigenvalue weighted by molar-refractivity contribution is 0.352. The summed E-state index contributed by atoms with van der Waals surface area (Å²) in [7, 11) is 0. The van der Waals surface area contributed by atoms with E-state index in [0.29, 0.717) is 24.1 Å². The van der Waals surface area contributed by atoms with Crippen LogP contribution in [0.2, 0.25) is 0 Å². The van der Waals surface area contributed by atoms with E-state index in [-0.39, 0.29) is 5.41 Å². The number of nitrogen functional groups attached to an aromatic ring is 1. The molecule has 0 spiro atoms. The molecule has 0 aliphatic heterocycles. The number of aromatic nitrogens is 5. The van der Waals surface area contributed by atoms with E-state index in [4.69, 9.17) is 10.3 Å². The monoisotopic (exact) mass is 222 g/mol. The van der Waals surface area contributed by atoms with E-state index in [0.717, 1.165) is 0 Å². The van der Waals surface area contributed by atoms with Gasteiger partial charge in [-0.1, -0.05) is 31.1 Å². The van der Waals surface area contributed by atoms with Gasteiger partial charge in [0.2, 0.25) is 5.89 Å². The van der Waals surface area contributed by atoms with Crippen LogP contribution >= 0.6 is 0 Å². The maximum atomic E-state index is 5.45. The number of hydrogen-bond donors (Lipinski definition) is 1. The first kappa shape index (κ1) is 10.6. The molecule has 2 aromatic rings. The van der Waals surface area contributed by atoms with Crippen molar-refractivity contribution in [3.8, 4) is 0 Å². The molecule has 2 rings (SSSR count). The van der Waals surface area contributed by atoms with E-state index in [1.165, 1.54) is 0 Å². The highest BCUT2D eigenvalue weighted by Crippen LogP contribution is 2.18. The van der Waals surface area contributed by atoms with E-state index in [1.54, 1.807) is 10.9 Å². The molecule has 86 valence electrons. The Morgan fingerprint density at radius 2 is 2.19 bits per heavy atom. The largest absolute Gasteiger partial charge is 0.381 e. The Morgan fingerprint density at radius 3 is 2.69 bits per heavy atom. The van der Waals surface area contributed by atoms with Crippen LogP contribution in [0, 0.1) is 0 Å². The van der Waals surface area contributed by atoms with Crippen LogP contribution in [0.3, 0.4) is 0 Å². The first-order chi connectivity index (χ1) is 7.45. The molecule has 7 nitrogen and oxygen atoms in total. The molecule has 0 saturated carbocycles. The zero-order chi connectivity index (χ0) is 11.8. The second-order valence-corrected chi connectivity index (χ2v) is 4.60. The molecule has 0 fully saturated rings. The third-order valence-corrected chi connectivity index (χ3v) is 1.99. The van der Waals surface area contributed by atoms with E-state index >= 15 is 0 Å². The van der Waals surface area contributed by atoms with Crippen LogP contribution in [0.15, 0.2) is 10.7 Å². The van der Waals surface area contributed by atoms with Crippen molar-refractivity contribution in [3.05, 3.63) is 17.9 Å². The lowest BCUT2D eigenvalue weighted by Crippen LogP contribution is -2.13. The SMILES string of the molecule is CC(C)(C)c1noc(Cn2cc(N)nn2)n1. The fourth-order valence-electron chi connectivity index (χ4n) is 1.15. The van der Waals surface area contributed by atoms with Crippen molar-refractivity contribution in [2.45, 2.75) is 32.7 Å². The van der Waals surface area contributed by atoms with Crippen molar-refractivity contribution in [2.24, 2.45) is 0 Å². The second-order valence-electron chi connectivity index (χ2n) is 4.60. The fraction of sp³-hybridized carbons (Fsp3) is 0.556. The Kier molecular flexibility index (Phi) is 2.37. The first-order valence-corrected chi connectivity index (χ1v) is 4.94. The molecule has 2 N–H and O–H groups in total. The summed E-state index contributed by atoms with van der Waals surface area (Å²) in [5.74, 6) is 1.54. The Labute approximate surface area is 92.6 Å². The third-order valence-electron chi connectivity index (χ3n) is 1.99. The Hall–Kier alpha value is -1.92. The van der Waals surface area contributed by atoms with Gasteiger partial charge in [0, 0.05) is 5.41 Å². The normalized spacial score (nSPS) is 11.9. The molecule has 0 amide bonds. The van der Waals surface area contributed by atoms with Crippen molar-refractivity contribution < 1.29 is 4.52 Å². The fourth-order valence-corrected chi connectivity index (χ4v) is 1.15. The van der Waals surface area contributed by atoms with Crippen molar-refractivity contribution in [2.75, 3.05) is 5.73 Å². The standard InChI is InChI=1S/C9H14N6O/c1-9(2,3)8-11-7(16-13-8)5-15-4-6(10)12-14-15/h4H,5,10H2,1-3H3. The number of rotatable bonds is 2. The van der Waals surface area contributed by atoms with Gasteiger partial charge in [-0.15, -0.1) is 5.10 Å². The summed E-state index contributed by atoms with van der Waals surface area (Å²) in [6, 6.07) is 0. The predicted molar refractivity (Wildman–Crippen MR) is 56.5 cm³/mol. The van der Waals surface area contributed by atoms with Gasteiger partial charge < -0.3 is 10.3 Å². The quantitative estimate of drug-likeness (QED) is 0.798. The zero-order valence-electron chi connectivity index (χ0n) is 9.51. The topological polar surface area (TPSA) is 95.7 Å². The minimum absolute atomic E-state index is 0.122. The van der Waals surface area contributed by atoms with Crippen molar-refractivity contribution >= 4 is 5.82 Å². The van der Waals surface area contributed by atoms with Gasteiger partial charge in [0.15, 0.2) is 11.6 Å². The lowest BCUT2D eigenvalue weighted by atomic mass is 9.96. The molecular weight excluding hydrogens is 208 g/mol. The molecule has 0 aromatic carbocycles. The smallest absolute Gasteiger partial charge is 0.248 e. The highest BCUT2D eigenvalue weighted by atomic mass is 16.5. The summed E-state index contributed by atoms with van der Waals surface area (Å²) < 4.78 is 6.66. The van der Waals surface area contributed by atoms with Crippen LogP contribution in [0.4, 0.5) is 5.82 Å².